The number of amides is 1. The highest BCUT2D eigenvalue weighted by Crippen LogP contribution is 2.21. The van der Waals surface area contributed by atoms with Crippen LogP contribution < -0.4 is 5.32 Å². The van der Waals surface area contributed by atoms with Crippen LogP contribution >= 0.6 is 0 Å². The molecule has 0 spiro atoms. The largest absolute Gasteiger partial charge is 0.376 e. The molecule has 1 N–H and O–H groups in total. The van der Waals surface area contributed by atoms with Gasteiger partial charge in [0.2, 0.25) is 0 Å². The Hall–Kier alpha value is -3.07. The Kier molecular flexibility index (Phi) is 5.39. The molecule has 0 bridgehead atoms. The molecule has 1 saturated heterocycles. The van der Waals surface area contributed by atoms with Gasteiger partial charge in [0.05, 0.1) is 29.1 Å². The van der Waals surface area contributed by atoms with Crippen molar-refractivity contribution >= 4 is 5.91 Å². The summed E-state index contributed by atoms with van der Waals surface area (Å²) in [6, 6.07) is 3.65. The molecule has 3 aromatic rings. The van der Waals surface area contributed by atoms with E-state index in [1.54, 1.807) is 17.1 Å². The fraction of sp³-hybridized carbons (Fsp3) is 0.450. The molecule has 3 aromatic heterocycles. The van der Waals surface area contributed by atoms with Gasteiger partial charge in [0.15, 0.2) is 11.6 Å². The predicted octanol–water partition coefficient (Wildman–Crippen LogP) is 2.66. The maximum atomic E-state index is 12.5. The van der Waals surface area contributed by atoms with Crippen molar-refractivity contribution in [2.75, 3.05) is 13.2 Å². The number of hydrogen-bond donors (Lipinski definition) is 1. The van der Waals surface area contributed by atoms with Gasteiger partial charge >= 0.3 is 0 Å². The molecule has 9 heteroatoms. The van der Waals surface area contributed by atoms with E-state index < -0.39 is 0 Å². The average Bonchev–Trinajstić information content (AvgIpc) is 3.47. The maximum absolute atomic E-state index is 12.5. The van der Waals surface area contributed by atoms with Crippen LogP contribution in [0.2, 0.25) is 0 Å². The van der Waals surface area contributed by atoms with Gasteiger partial charge in [-0.3, -0.25) is 4.79 Å². The zero-order chi connectivity index (χ0) is 20.4. The Morgan fingerprint density at radius 1 is 1.34 bits per heavy atom. The SMILES string of the molecule is Cc1c(C(=O)NCC2CCCO2)cnn1-c1ccc(-c2nc(C(C)C)no2)cn1. The van der Waals surface area contributed by atoms with E-state index in [1.165, 1.54) is 0 Å². The summed E-state index contributed by atoms with van der Waals surface area (Å²) in [5, 5.41) is 11.2. The molecule has 0 aliphatic carbocycles. The standard InChI is InChI=1S/C20H24N6O3/c1-12(2)18-24-20(29-25-18)14-6-7-17(21-9-14)26-13(3)16(11-23-26)19(27)22-10-15-5-4-8-28-15/h6-7,9,11-12,15H,4-5,8,10H2,1-3H3,(H,22,27). The van der Waals surface area contributed by atoms with E-state index in [4.69, 9.17) is 9.26 Å². The number of ether oxygens (including phenoxy) is 1. The van der Waals surface area contributed by atoms with E-state index in [9.17, 15) is 4.79 Å². The molecule has 4 heterocycles. The summed E-state index contributed by atoms with van der Waals surface area (Å²) in [6.45, 7) is 7.13. The molecule has 1 fully saturated rings. The lowest BCUT2D eigenvalue weighted by atomic mass is 10.2. The molecule has 1 atom stereocenters. The predicted molar refractivity (Wildman–Crippen MR) is 105 cm³/mol. The molecule has 1 aliphatic rings. The Morgan fingerprint density at radius 3 is 2.86 bits per heavy atom. The van der Waals surface area contributed by atoms with E-state index in [-0.39, 0.29) is 17.9 Å². The Bertz CT molecular complexity index is 986. The van der Waals surface area contributed by atoms with Gasteiger partial charge in [0, 0.05) is 25.3 Å². The second-order valence-corrected chi connectivity index (χ2v) is 7.42. The Labute approximate surface area is 168 Å². The van der Waals surface area contributed by atoms with Gasteiger partial charge in [0.1, 0.15) is 0 Å². The molecule has 0 aromatic carbocycles. The first-order valence-corrected chi connectivity index (χ1v) is 9.77. The minimum atomic E-state index is -0.159. The lowest BCUT2D eigenvalue weighted by molar-refractivity contribution is 0.0857. The quantitative estimate of drug-likeness (QED) is 0.682. The molecule has 1 aliphatic heterocycles. The highest BCUT2D eigenvalue weighted by molar-refractivity contribution is 5.95. The highest BCUT2D eigenvalue weighted by Gasteiger charge is 2.20. The van der Waals surface area contributed by atoms with Crippen molar-refractivity contribution in [2.24, 2.45) is 0 Å². The number of pyridine rings is 1. The normalized spacial score (nSPS) is 16.5. The van der Waals surface area contributed by atoms with Crippen LogP contribution in [0.5, 0.6) is 0 Å². The van der Waals surface area contributed by atoms with Gasteiger partial charge in [-0.1, -0.05) is 19.0 Å². The van der Waals surface area contributed by atoms with E-state index in [0.717, 1.165) is 30.7 Å². The summed E-state index contributed by atoms with van der Waals surface area (Å²) in [7, 11) is 0. The molecule has 4 rings (SSSR count). The van der Waals surface area contributed by atoms with Crippen molar-refractivity contribution in [1.82, 2.24) is 30.2 Å². The molecule has 1 unspecified atom stereocenters. The third kappa shape index (κ3) is 4.04. The van der Waals surface area contributed by atoms with Gasteiger partial charge < -0.3 is 14.6 Å². The summed E-state index contributed by atoms with van der Waals surface area (Å²) in [5.41, 5.74) is 1.97. The first-order chi connectivity index (χ1) is 14.0. The van der Waals surface area contributed by atoms with Gasteiger partial charge in [-0.25, -0.2) is 9.67 Å². The minimum Gasteiger partial charge on any atom is -0.376 e. The van der Waals surface area contributed by atoms with Crippen LogP contribution in [0.4, 0.5) is 0 Å². The maximum Gasteiger partial charge on any atom is 0.259 e. The van der Waals surface area contributed by atoms with Gasteiger partial charge in [-0.2, -0.15) is 10.1 Å². The number of hydrogen-bond acceptors (Lipinski definition) is 7. The van der Waals surface area contributed by atoms with E-state index in [2.05, 4.69) is 25.5 Å². The monoisotopic (exact) mass is 396 g/mol. The van der Waals surface area contributed by atoms with E-state index in [0.29, 0.717) is 29.6 Å². The number of nitrogens with one attached hydrogen (secondary N) is 1. The Balaban J connectivity index is 1.47. The van der Waals surface area contributed by atoms with Gasteiger partial charge in [-0.15, -0.1) is 0 Å². The van der Waals surface area contributed by atoms with Crippen LogP contribution in [0.25, 0.3) is 17.3 Å². The number of rotatable bonds is 6. The van der Waals surface area contributed by atoms with Crippen molar-refractivity contribution in [3.05, 3.63) is 41.6 Å². The smallest absolute Gasteiger partial charge is 0.259 e. The van der Waals surface area contributed by atoms with Crippen molar-refractivity contribution < 1.29 is 14.1 Å². The number of aromatic nitrogens is 5. The third-order valence-electron chi connectivity index (χ3n) is 4.94. The minimum absolute atomic E-state index is 0.101. The van der Waals surface area contributed by atoms with Crippen LogP contribution in [0.3, 0.4) is 0 Å². The first kappa shape index (κ1) is 19.3. The zero-order valence-corrected chi connectivity index (χ0v) is 16.8. The second kappa shape index (κ2) is 8.12. The van der Waals surface area contributed by atoms with Crippen LogP contribution in [-0.2, 0) is 4.74 Å². The van der Waals surface area contributed by atoms with Crippen molar-refractivity contribution in [3.63, 3.8) is 0 Å². The van der Waals surface area contributed by atoms with Crippen molar-refractivity contribution in [3.8, 4) is 17.3 Å². The van der Waals surface area contributed by atoms with Gasteiger partial charge in [-0.05, 0) is 31.9 Å². The molecule has 152 valence electrons. The van der Waals surface area contributed by atoms with Crippen molar-refractivity contribution in [2.45, 2.75) is 45.6 Å². The fourth-order valence-electron chi connectivity index (χ4n) is 3.20. The lowest BCUT2D eigenvalue weighted by Crippen LogP contribution is -2.32. The topological polar surface area (TPSA) is 108 Å². The third-order valence-corrected chi connectivity index (χ3v) is 4.94. The molecular weight excluding hydrogens is 372 g/mol. The van der Waals surface area contributed by atoms with Crippen molar-refractivity contribution in [1.29, 1.82) is 0 Å². The lowest BCUT2D eigenvalue weighted by Gasteiger charge is -2.10. The summed E-state index contributed by atoms with van der Waals surface area (Å²) < 4.78 is 12.5. The second-order valence-electron chi connectivity index (χ2n) is 7.42. The molecular formula is C20H24N6O3. The Morgan fingerprint density at radius 2 is 2.21 bits per heavy atom. The molecule has 0 radical (unpaired) electrons. The first-order valence-electron chi connectivity index (χ1n) is 9.77. The molecule has 29 heavy (non-hydrogen) atoms. The van der Waals surface area contributed by atoms with Crippen LogP contribution in [0.15, 0.2) is 29.0 Å². The van der Waals surface area contributed by atoms with Crippen LogP contribution in [0, 0.1) is 6.92 Å². The fourth-order valence-corrected chi connectivity index (χ4v) is 3.20. The summed E-state index contributed by atoms with van der Waals surface area (Å²) in [6.07, 6.45) is 5.34. The van der Waals surface area contributed by atoms with Gasteiger partial charge in [0.25, 0.3) is 11.8 Å². The van der Waals surface area contributed by atoms with E-state index >= 15 is 0 Å². The molecule has 1 amide bonds. The highest BCUT2D eigenvalue weighted by atomic mass is 16.5. The number of carbonyl (C=O) groups excluding carboxylic acids is 1. The summed E-state index contributed by atoms with van der Waals surface area (Å²) >= 11 is 0. The summed E-state index contributed by atoms with van der Waals surface area (Å²) in [5.74, 6) is 1.72. The van der Waals surface area contributed by atoms with Crippen LogP contribution in [-0.4, -0.2) is 50.1 Å². The molecule has 9 nitrogen and oxygen atoms in total. The number of carbonyl (C=O) groups is 1. The van der Waals surface area contributed by atoms with E-state index in [1.807, 2.05) is 32.9 Å². The molecule has 0 saturated carbocycles. The summed E-state index contributed by atoms with van der Waals surface area (Å²) in [4.78, 5) is 21.3. The number of nitrogens with zero attached hydrogens (tertiary/aromatic N) is 5. The average molecular weight is 396 g/mol. The van der Waals surface area contributed by atoms with Crippen LogP contribution in [0.1, 0.15) is 54.5 Å². The zero-order valence-electron chi connectivity index (χ0n) is 16.8.